The number of halogens is 1. The molecule has 0 N–H and O–H groups in total. The Morgan fingerprint density at radius 1 is 1.35 bits per heavy atom. The van der Waals surface area contributed by atoms with Crippen LogP contribution in [0.3, 0.4) is 0 Å². The Hall–Kier alpha value is -1.07. The fourth-order valence-electron chi connectivity index (χ4n) is 1.84. The molecule has 1 aromatic heterocycles. The molecule has 0 aliphatic carbocycles. The molecule has 0 fully saturated rings. The van der Waals surface area contributed by atoms with E-state index in [4.69, 9.17) is 15.2 Å². The van der Waals surface area contributed by atoms with Crippen LogP contribution in [0.25, 0.3) is 11.0 Å². The van der Waals surface area contributed by atoms with Crippen LogP contribution in [0.1, 0.15) is 16.8 Å². The Morgan fingerprint density at radius 3 is 2.71 bits per heavy atom. The van der Waals surface area contributed by atoms with E-state index in [2.05, 4.69) is 5.16 Å². The standard InChI is InChI=1S/C11H12ClNO3S/c1-7-5-8(2)11-9(6-7)10(13-16-11)3-4-17(12,14)15/h5-6H,3-4H2,1-2H3. The average molecular weight is 274 g/mol. The zero-order valence-corrected chi connectivity index (χ0v) is 11.1. The van der Waals surface area contributed by atoms with Crippen LogP contribution in [0, 0.1) is 13.8 Å². The first kappa shape index (κ1) is 12.4. The van der Waals surface area contributed by atoms with Crippen molar-refractivity contribution in [1.29, 1.82) is 0 Å². The predicted molar refractivity (Wildman–Crippen MR) is 66.8 cm³/mol. The van der Waals surface area contributed by atoms with Crippen molar-refractivity contribution < 1.29 is 12.9 Å². The Bertz CT molecular complexity index is 661. The lowest BCUT2D eigenvalue weighted by Crippen LogP contribution is -2.01. The zero-order valence-electron chi connectivity index (χ0n) is 9.53. The molecule has 0 atom stereocenters. The molecule has 0 aliphatic heterocycles. The highest BCUT2D eigenvalue weighted by atomic mass is 35.7. The first-order chi connectivity index (χ1) is 7.87. The molecule has 0 unspecified atom stereocenters. The molecule has 0 radical (unpaired) electrons. The number of rotatable bonds is 3. The molecule has 0 saturated carbocycles. The summed E-state index contributed by atoms with van der Waals surface area (Å²) in [4.78, 5) is 0. The molecule has 1 aromatic carbocycles. The van der Waals surface area contributed by atoms with E-state index in [1.807, 2.05) is 26.0 Å². The summed E-state index contributed by atoms with van der Waals surface area (Å²) >= 11 is 0. The Morgan fingerprint density at radius 2 is 2.06 bits per heavy atom. The quantitative estimate of drug-likeness (QED) is 0.807. The van der Waals surface area contributed by atoms with Crippen LogP contribution in [-0.4, -0.2) is 19.3 Å². The molecule has 0 aliphatic rings. The van der Waals surface area contributed by atoms with E-state index < -0.39 is 9.05 Å². The van der Waals surface area contributed by atoms with Crippen LogP contribution in [0.5, 0.6) is 0 Å². The number of aryl methyl sites for hydroxylation is 3. The number of fused-ring (bicyclic) bond motifs is 1. The number of hydrogen-bond acceptors (Lipinski definition) is 4. The lowest BCUT2D eigenvalue weighted by molar-refractivity contribution is 0.446. The van der Waals surface area contributed by atoms with Crippen molar-refractivity contribution in [1.82, 2.24) is 5.16 Å². The normalized spacial score (nSPS) is 12.2. The molecule has 2 aromatic rings. The van der Waals surface area contributed by atoms with Crippen molar-refractivity contribution >= 4 is 30.7 Å². The minimum Gasteiger partial charge on any atom is -0.356 e. The number of aromatic nitrogens is 1. The second kappa shape index (κ2) is 4.31. The highest BCUT2D eigenvalue weighted by Crippen LogP contribution is 2.24. The Balaban J connectivity index is 2.42. The van der Waals surface area contributed by atoms with Crippen molar-refractivity contribution in [3.8, 4) is 0 Å². The van der Waals surface area contributed by atoms with Gasteiger partial charge in [0.1, 0.15) is 0 Å². The van der Waals surface area contributed by atoms with Gasteiger partial charge < -0.3 is 4.52 Å². The Labute approximate surface area is 104 Å². The van der Waals surface area contributed by atoms with Crippen LogP contribution in [0.4, 0.5) is 0 Å². The number of nitrogens with zero attached hydrogens (tertiary/aromatic N) is 1. The van der Waals surface area contributed by atoms with E-state index in [1.165, 1.54) is 0 Å². The molecular weight excluding hydrogens is 262 g/mol. The predicted octanol–water partition coefficient (Wildman–Crippen LogP) is 2.56. The topological polar surface area (TPSA) is 60.2 Å². The maximum Gasteiger partial charge on any atom is 0.232 e. The van der Waals surface area contributed by atoms with Gasteiger partial charge in [0.25, 0.3) is 0 Å². The summed E-state index contributed by atoms with van der Waals surface area (Å²) in [6.45, 7) is 3.91. The fraction of sp³-hybridized carbons (Fsp3) is 0.364. The van der Waals surface area contributed by atoms with Crippen LogP contribution >= 0.6 is 10.7 Å². The molecule has 1 heterocycles. The third-order valence-electron chi connectivity index (χ3n) is 2.56. The third kappa shape index (κ3) is 2.79. The van der Waals surface area contributed by atoms with Gasteiger partial charge in [0.05, 0.1) is 11.4 Å². The molecule has 0 bridgehead atoms. The van der Waals surface area contributed by atoms with E-state index in [0.29, 0.717) is 11.3 Å². The van der Waals surface area contributed by atoms with Gasteiger partial charge in [0.2, 0.25) is 9.05 Å². The number of benzene rings is 1. The van der Waals surface area contributed by atoms with Gasteiger partial charge in [0.15, 0.2) is 5.58 Å². The molecule has 0 saturated heterocycles. The largest absolute Gasteiger partial charge is 0.356 e. The number of hydrogen-bond donors (Lipinski definition) is 0. The minimum absolute atomic E-state index is 0.136. The van der Waals surface area contributed by atoms with Gasteiger partial charge in [-0.1, -0.05) is 11.2 Å². The van der Waals surface area contributed by atoms with Crippen molar-refractivity contribution in [2.75, 3.05) is 5.75 Å². The zero-order chi connectivity index (χ0) is 12.6. The fourth-order valence-corrected chi connectivity index (χ4v) is 2.51. The Kier molecular flexibility index (Phi) is 3.14. The van der Waals surface area contributed by atoms with Crippen molar-refractivity contribution in [3.63, 3.8) is 0 Å². The highest BCUT2D eigenvalue weighted by Gasteiger charge is 2.14. The summed E-state index contributed by atoms with van der Waals surface area (Å²) in [5, 5.41) is 4.77. The molecule has 0 amide bonds. The summed E-state index contributed by atoms with van der Waals surface area (Å²) in [5.41, 5.74) is 3.43. The SMILES string of the molecule is Cc1cc(C)c2onc(CCS(=O)(=O)Cl)c2c1. The second-order valence-electron chi connectivity index (χ2n) is 4.08. The molecule has 2 rings (SSSR count). The first-order valence-corrected chi connectivity index (χ1v) is 7.62. The van der Waals surface area contributed by atoms with Gasteiger partial charge in [-0.05, 0) is 31.0 Å². The van der Waals surface area contributed by atoms with Gasteiger partial charge in [-0.2, -0.15) is 0 Å². The van der Waals surface area contributed by atoms with E-state index in [1.54, 1.807) is 0 Å². The minimum atomic E-state index is -3.50. The highest BCUT2D eigenvalue weighted by molar-refractivity contribution is 8.13. The van der Waals surface area contributed by atoms with Crippen LogP contribution in [0.15, 0.2) is 16.7 Å². The van der Waals surface area contributed by atoms with Gasteiger partial charge in [-0.3, -0.25) is 0 Å². The van der Waals surface area contributed by atoms with Gasteiger partial charge >= 0.3 is 0 Å². The van der Waals surface area contributed by atoms with Crippen molar-refractivity contribution in [3.05, 3.63) is 29.0 Å². The third-order valence-corrected chi connectivity index (χ3v) is 3.71. The van der Waals surface area contributed by atoms with Crippen molar-refractivity contribution in [2.24, 2.45) is 0 Å². The summed E-state index contributed by atoms with van der Waals surface area (Å²) in [6, 6.07) is 3.94. The van der Waals surface area contributed by atoms with E-state index in [-0.39, 0.29) is 12.2 Å². The van der Waals surface area contributed by atoms with E-state index in [0.717, 1.165) is 16.5 Å². The summed E-state index contributed by atoms with van der Waals surface area (Å²) < 4.78 is 27.0. The first-order valence-electron chi connectivity index (χ1n) is 5.14. The average Bonchev–Trinajstić information content (AvgIpc) is 2.57. The monoisotopic (exact) mass is 273 g/mol. The van der Waals surface area contributed by atoms with E-state index in [9.17, 15) is 8.42 Å². The smallest absolute Gasteiger partial charge is 0.232 e. The van der Waals surface area contributed by atoms with E-state index >= 15 is 0 Å². The van der Waals surface area contributed by atoms with Crippen LogP contribution in [0.2, 0.25) is 0 Å². The maximum atomic E-state index is 10.9. The summed E-state index contributed by atoms with van der Waals surface area (Å²) in [6.07, 6.45) is 0.266. The van der Waals surface area contributed by atoms with Gasteiger partial charge in [0, 0.05) is 22.5 Å². The van der Waals surface area contributed by atoms with Gasteiger partial charge in [-0.25, -0.2) is 8.42 Å². The van der Waals surface area contributed by atoms with Crippen molar-refractivity contribution in [2.45, 2.75) is 20.3 Å². The molecule has 4 nitrogen and oxygen atoms in total. The summed E-state index contributed by atoms with van der Waals surface area (Å²) in [7, 11) is 1.68. The molecule has 92 valence electrons. The maximum absolute atomic E-state index is 10.9. The van der Waals surface area contributed by atoms with Crippen LogP contribution < -0.4 is 0 Å². The lowest BCUT2D eigenvalue weighted by Gasteiger charge is -1.98. The van der Waals surface area contributed by atoms with Crippen LogP contribution in [-0.2, 0) is 15.5 Å². The van der Waals surface area contributed by atoms with Gasteiger partial charge in [-0.15, -0.1) is 0 Å². The lowest BCUT2D eigenvalue weighted by atomic mass is 10.1. The molecule has 6 heteroatoms. The summed E-state index contributed by atoms with van der Waals surface area (Å²) in [5.74, 6) is -0.136. The molecule has 17 heavy (non-hydrogen) atoms. The molecular formula is C11H12ClNO3S. The second-order valence-corrected chi connectivity index (χ2v) is 6.98. The molecule has 0 spiro atoms.